The molecule has 1 amide bonds. The van der Waals surface area contributed by atoms with Gasteiger partial charge in [-0.05, 0) is 53.7 Å². The van der Waals surface area contributed by atoms with E-state index in [0.29, 0.717) is 32.0 Å². The van der Waals surface area contributed by atoms with Crippen molar-refractivity contribution in [3.8, 4) is 0 Å². The van der Waals surface area contributed by atoms with E-state index < -0.39 is 17.2 Å². The second-order valence-corrected chi connectivity index (χ2v) is 8.23. The Balaban J connectivity index is 1.91. The summed E-state index contributed by atoms with van der Waals surface area (Å²) in [5.74, 6) is 0.174. The first-order chi connectivity index (χ1) is 11.9. The maximum Gasteiger partial charge on any atom is 0.410 e. The van der Waals surface area contributed by atoms with Crippen molar-refractivity contribution in [1.82, 2.24) is 15.1 Å². The number of hydrogen-bond donors (Lipinski definition) is 0. The predicted octanol–water partition coefficient (Wildman–Crippen LogP) is 2.49. The number of esters is 1. The van der Waals surface area contributed by atoms with Gasteiger partial charge in [-0.2, -0.15) is 0 Å². The van der Waals surface area contributed by atoms with E-state index in [9.17, 15) is 9.59 Å². The van der Waals surface area contributed by atoms with Gasteiger partial charge in [0.15, 0.2) is 11.5 Å². The van der Waals surface area contributed by atoms with Crippen LogP contribution in [0.4, 0.5) is 10.6 Å². The molecule has 1 aromatic rings. The molecule has 0 aromatic carbocycles. The lowest BCUT2D eigenvalue weighted by atomic mass is 10.2. The fourth-order valence-corrected chi connectivity index (χ4v) is 2.38. The van der Waals surface area contributed by atoms with Crippen LogP contribution in [-0.4, -0.2) is 64.5 Å². The lowest BCUT2D eigenvalue weighted by Crippen LogP contribution is -2.50. The average molecular weight is 364 g/mol. The largest absolute Gasteiger partial charge is 0.455 e. The Morgan fingerprint density at radius 2 is 1.46 bits per heavy atom. The summed E-state index contributed by atoms with van der Waals surface area (Å²) >= 11 is 0. The first-order valence-corrected chi connectivity index (χ1v) is 8.74. The van der Waals surface area contributed by atoms with Gasteiger partial charge in [-0.25, -0.2) is 9.59 Å². The number of nitrogens with zero attached hydrogens (tertiary/aromatic N) is 4. The molecule has 0 unspecified atom stereocenters. The maximum absolute atomic E-state index is 12.1. The van der Waals surface area contributed by atoms with Crippen LogP contribution in [-0.2, 0) is 9.47 Å². The van der Waals surface area contributed by atoms with E-state index in [0.717, 1.165) is 0 Å². The third-order valence-electron chi connectivity index (χ3n) is 3.51. The molecule has 8 nitrogen and oxygen atoms in total. The number of anilines is 1. The predicted molar refractivity (Wildman–Crippen MR) is 97.2 cm³/mol. The highest BCUT2D eigenvalue weighted by atomic mass is 16.6. The number of hydrogen-bond acceptors (Lipinski definition) is 7. The van der Waals surface area contributed by atoms with Crippen molar-refractivity contribution < 1.29 is 19.1 Å². The molecule has 26 heavy (non-hydrogen) atoms. The number of ether oxygens (including phenoxy) is 2. The van der Waals surface area contributed by atoms with Crippen LogP contribution in [0.3, 0.4) is 0 Å². The van der Waals surface area contributed by atoms with Crippen LogP contribution in [0.2, 0.25) is 0 Å². The van der Waals surface area contributed by atoms with E-state index in [1.54, 1.807) is 37.8 Å². The van der Waals surface area contributed by atoms with E-state index >= 15 is 0 Å². The first kappa shape index (κ1) is 19.9. The van der Waals surface area contributed by atoms with Gasteiger partial charge in [-0.1, -0.05) is 0 Å². The molecule has 0 N–H and O–H groups in total. The average Bonchev–Trinajstić information content (AvgIpc) is 2.52. The Kier molecular flexibility index (Phi) is 5.73. The molecule has 1 aliphatic rings. The van der Waals surface area contributed by atoms with Gasteiger partial charge in [0.05, 0.1) is 0 Å². The van der Waals surface area contributed by atoms with Crippen LogP contribution < -0.4 is 4.90 Å². The van der Waals surface area contributed by atoms with Crippen LogP contribution in [0.5, 0.6) is 0 Å². The first-order valence-electron chi connectivity index (χ1n) is 8.74. The van der Waals surface area contributed by atoms with Gasteiger partial charge in [0.1, 0.15) is 11.2 Å². The number of rotatable bonds is 2. The highest BCUT2D eigenvalue weighted by molar-refractivity contribution is 5.87. The van der Waals surface area contributed by atoms with Gasteiger partial charge in [0.25, 0.3) is 0 Å². The zero-order valence-corrected chi connectivity index (χ0v) is 16.4. The number of aromatic nitrogens is 2. The molecule has 1 aliphatic heterocycles. The van der Waals surface area contributed by atoms with E-state index in [2.05, 4.69) is 10.2 Å². The fraction of sp³-hybridized carbons (Fsp3) is 0.667. The lowest BCUT2D eigenvalue weighted by Gasteiger charge is -2.35. The Bertz CT molecular complexity index is 639. The van der Waals surface area contributed by atoms with Crippen molar-refractivity contribution in [3.05, 3.63) is 17.8 Å². The fourth-order valence-electron chi connectivity index (χ4n) is 2.38. The van der Waals surface area contributed by atoms with Gasteiger partial charge in [-0.3, -0.25) is 0 Å². The molecule has 1 saturated heterocycles. The van der Waals surface area contributed by atoms with Crippen LogP contribution in [0.25, 0.3) is 0 Å². The van der Waals surface area contributed by atoms with E-state index in [4.69, 9.17) is 9.47 Å². The van der Waals surface area contributed by atoms with Crippen molar-refractivity contribution in [1.29, 1.82) is 0 Å². The molecule has 0 saturated carbocycles. The molecule has 0 bridgehead atoms. The van der Waals surface area contributed by atoms with Crippen molar-refractivity contribution in [2.24, 2.45) is 0 Å². The molecule has 144 valence electrons. The standard InChI is InChI=1S/C18H28N4O4/c1-17(2,3)25-15(23)13-7-8-14(20-19-13)21-9-11-22(12-10-21)16(24)26-18(4,5)6/h7-8H,9-12H2,1-6H3. The highest BCUT2D eigenvalue weighted by Gasteiger charge is 2.26. The summed E-state index contributed by atoms with van der Waals surface area (Å²) < 4.78 is 10.7. The van der Waals surface area contributed by atoms with Crippen LogP contribution in [0.15, 0.2) is 12.1 Å². The van der Waals surface area contributed by atoms with Gasteiger partial charge >= 0.3 is 12.1 Å². The lowest BCUT2D eigenvalue weighted by molar-refractivity contribution is 0.00606. The molecule has 8 heteroatoms. The van der Waals surface area contributed by atoms with Crippen LogP contribution >= 0.6 is 0 Å². The van der Waals surface area contributed by atoms with E-state index in [1.165, 1.54) is 0 Å². The Hall–Kier alpha value is -2.38. The molecule has 0 spiro atoms. The maximum atomic E-state index is 12.1. The molecule has 2 rings (SSSR count). The zero-order chi connectivity index (χ0) is 19.5. The SMILES string of the molecule is CC(C)(C)OC(=O)c1ccc(N2CCN(C(=O)OC(C)(C)C)CC2)nn1. The quantitative estimate of drug-likeness (QED) is 0.745. The normalized spacial score (nSPS) is 15.6. The minimum Gasteiger partial charge on any atom is -0.455 e. The summed E-state index contributed by atoms with van der Waals surface area (Å²) in [5, 5.41) is 8.09. The monoisotopic (exact) mass is 364 g/mol. The number of amides is 1. The molecule has 1 fully saturated rings. The van der Waals surface area contributed by atoms with E-state index in [-0.39, 0.29) is 11.8 Å². The topological polar surface area (TPSA) is 84.9 Å². The smallest absolute Gasteiger partial charge is 0.410 e. The van der Waals surface area contributed by atoms with Gasteiger partial charge in [0.2, 0.25) is 0 Å². The molecule has 0 atom stereocenters. The van der Waals surface area contributed by atoms with E-state index in [1.807, 2.05) is 25.7 Å². The van der Waals surface area contributed by atoms with Crippen molar-refractivity contribution in [3.63, 3.8) is 0 Å². The van der Waals surface area contributed by atoms with Crippen LogP contribution in [0.1, 0.15) is 52.0 Å². The van der Waals surface area contributed by atoms with Crippen molar-refractivity contribution in [2.75, 3.05) is 31.1 Å². The summed E-state index contributed by atoms with van der Waals surface area (Å²) in [6.45, 7) is 13.3. The minimum atomic E-state index is -0.574. The third kappa shape index (κ3) is 5.86. The second-order valence-electron chi connectivity index (χ2n) is 8.23. The molecular formula is C18H28N4O4. The Morgan fingerprint density at radius 3 is 1.92 bits per heavy atom. The Labute approximate surface area is 154 Å². The zero-order valence-electron chi connectivity index (χ0n) is 16.4. The van der Waals surface area contributed by atoms with Gasteiger partial charge < -0.3 is 19.3 Å². The highest BCUT2D eigenvalue weighted by Crippen LogP contribution is 2.17. The molecule has 2 heterocycles. The molecule has 1 aromatic heterocycles. The van der Waals surface area contributed by atoms with Crippen molar-refractivity contribution >= 4 is 17.9 Å². The van der Waals surface area contributed by atoms with Crippen molar-refractivity contribution in [2.45, 2.75) is 52.7 Å². The molecule has 0 radical (unpaired) electrons. The molecular weight excluding hydrogens is 336 g/mol. The minimum absolute atomic E-state index is 0.177. The Morgan fingerprint density at radius 1 is 0.885 bits per heavy atom. The molecule has 0 aliphatic carbocycles. The number of carbonyl (C=O) groups excluding carboxylic acids is 2. The third-order valence-corrected chi connectivity index (χ3v) is 3.51. The summed E-state index contributed by atoms with van der Waals surface area (Å²) in [4.78, 5) is 27.8. The van der Waals surface area contributed by atoms with Gasteiger partial charge in [0, 0.05) is 26.2 Å². The number of piperazine rings is 1. The second kappa shape index (κ2) is 7.47. The summed E-state index contributed by atoms with van der Waals surface area (Å²) in [6, 6.07) is 3.35. The summed E-state index contributed by atoms with van der Waals surface area (Å²) in [7, 11) is 0. The summed E-state index contributed by atoms with van der Waals surface area (Å²) in [5.41, 5.74) is -0.900. The summed E-state index contributed by atoms with van der Waals surface area (Å²) in [6.07, 6.45) is -0.302. The number of carbonyl (C=O) groups is 2. The van der Waals surface area contributed by atoms with Gasteiger partial charge in [-0.15, -0.1) is 10.2 Å². The van der Waals surface area contributed by atoms with Crippen LogP contribution in [0, 0.1) is 0 Å².